The molecular weight excluding hydrogens is 192 g/mol. The molecule has 2 heterocycles. The molecule has 4 heteroatoms. The zero-order valence-electron chi connectivity index (χ0n) is 8.77. The summed E-state index contributed by atoms with van der Waals surface area (Å²) in [5.41, 5.74) is 0.847. The number of rotatable bonds is 2. The molecule has 0 saturated carbocycles. The Morgan fingerprint density at radius 2 is 2.60 bits per heavy atom. The van der Waals surface area contributed by atoms with Crippen molar-refractivity contribution in [3.8, 4) is 0 Å². The monoisotopic (exact) mass is 206 g/mol. The van der Waals surface area contributed by atoms with Crippen LogP contribution in [-0.4, -0.2) is 22.5 Å². The predicted molar refractivity (Wildman–Crippen MR) is 55.1 cm³/mol. The third kappa shape index (κ3) is 1.79. The second-order valence-corrected chi connectivity index (χ2v) is 3.76. The molecule has 1 saturated heterocycles. The van der Waals surface area contributed by atoms with Gasteiger partial charge in [-0.15, -0.1) is 0 Å². The first-order valence-electron chi connectivity index (χ1n) is 5.08. The van der Waals surface area contributed by atoms with Crippen molar-refractivity contribution in [1.82, 2.24) is 10.1 Å². The van der Waals surface area contributed by atoms with Crippen LogP contribution in [-0.2, 0) is 4.79 Å². The van der Waals surface area contributed by atoms with Crippen LogP contribution in [0.2, 0.25) is 0 Å². The summed E-state index contributed by atoms with van der Waals surface area (Å²) in [4.78, 5) is 13.4. The Bertz CT molecular complexity index is 384. The van der Waals surface area contributed by atoms with Crippen molar-refractivity contribution < 1.29 is 9.32 Å². The predicted octanol–water partition coefficient (Wildman–Crippen LogP) is 1.83. The van der Waals surface area contributed by atoms with E-state index in [9.17, 15) is 4.79 Å². The molecule has 1 atom stereocenters. The van der Waals surface area contributed by atoms with Crippen LogP contribution in [0, 0.1) is 6.92 Å². The Hall–Kier alpha value is -1.58. The molecule has 1 aromatic rings. The summed E-state index contributed by atoms with van der Waals surface area (Å²) in [7, 11) is 0. The highest BCUT2D eigenvalue weighted by Gasteiger charge is 2.30. The van der Waals surface area contributed by atoms with Crippen LogP contribution >= 0.6 is 0 Å². The minimum atomic E-state index is -0.0295. The van der Waals surface area contributed by atoms with Crippen molar-refractivity contribution in [2.45, 2.75) is 25.8 Å². The molecule has 1 aliphatic rings. The van der Waals surface area contributed by atoms with Gasteiger partial charge in [-0.3, -0.25) is 4.79 Å². The van der Waals surface area contributed by atoms with Crippen molar-refractivity contribution in [1.29, 1.82) is 0 Å². The highest BCUT2D eigenvalue weighted by atomic mass is 16.5. The summed E-state index contributed by atoms with van der Waals surface area (Å²) < 4.78 is 5.02. The molecule has 0 bridgehead atoms. The maximum Gasteiger partial charge on any atom is 0.246 e. The summed E-state index contributed by atoms with van der Waals surface area (Å²) in [5.74, 6) is 0.751. The Kier molecular flexibility index (Phi) is 2.58. The molecule has 15 heavy (non-hydrogen) atoms. The van der Waals surface area contributed by atoms with Gasteiger partial charge >= 0.3 is 0 Å². The first-order chi connectivity index (χ1) is 7.22. The fourth-order valence-electron chi connectivity index (χ4n) is 2.00. The summed E-state index contributed by atoms with van der Waals surface area (Å²) in [6.07, 6.45) is 3.31. The topological polar surface area (TPSA) is 46.3 Å². The SMILES string of the molecule is C=CC(=O)N1CCCC1c1cc(C)on1. The third-order valence-corrected chi connectivity index (χ3v) is 2.70. The molecular formula is C11H14N2O2. The highest BCUT2D eigenvalue weighted by molar-refractivity contribution is 5.87. The number of carbonyl (C=O) groups is 1. The second-order valence-electron chi connectivity index (χ2n) is 3.76. The van der Waals surface area contributed by atoms with E-state index in [-0.39, 0.29) is 11.9 Å². The molecule has 0 N–H and O–H groups in total. The van der Waals surface area contributed by atoms with Gasteiger partial charge < -0.3 is 9.42 Å². The van der Waals surface area contributed by atoms with Crippen molar-refractivity contribution >= 4 is 5.91 Å². The van der Waals surface area contributed by atoms with Crippen LogP contribution in [0.5, 0.6) is 0 Å². The number of carbonyl (C=O) groups excluding carboxylic acids is 1. The fourth-order valence-corrected chi connectivity index (χ4v) is 2.00. The van der Waals surface area contributed by atoms with Crippen molar-refractivity contribution in [3.63, 3.8) is 0 Å². The molecule has 1 unspecified atom stereocenters. The van der Waals surface area contributed by atoms with Crippen molar-refractivity contribution in [2.75, 3.05) is 6.54 Å². The van der Waals surface area contributed by atoms with Gasteiger partial charge in [-0.2, -0.15) is 0 Å². The molecule has 80 valence electrons. The van der Waals surface area contributed by atoms with Gasteiger partial charge in [0.15, 0.2) is 0 Å². The number of aryl methyl sites for hydroxylation is 1. The van der Waals surface area contributed by atoms with E-state index in [1.807, 2.05) is 13.0 Å². The smallest absolute Gasteiger partial charge is 0.246 e. The van der Waals surface area contributed by atoms with Gasteiger partial charge in [-0.25, -0.2) is 0 Å². The van der Waals surface area contributed by atoms with Gasteiger partial charge in [0.25, 0.3) is 0 Å². The summed E-state index contributed by atoms with van der Waals surface area (Å²) >= 11 is 0. The fraction of sp³-hybridized carbons (Fsp3) is 0.455. The van der Waals surface area contributed by atoms with Crippen molar-refractivity contribution in [3.05, 3.63) is 30.2 Å². The Labute approximate surface area is 88.5 Å². The van der Waals surface area contributed by atoms with Crippen molar-refractivity contribution in [2.24, 2.45) is 0 Å². The first-order valence-corrected chi connectivity index (χ1v) is 5.08. The second kappa shape index (κ2) is 3.88. The molecule has 0 aromatic carbocycles. The van der Waals surface area contributed by atoms with E-state index >= 15 is 0 Å². The Balaban J connectivity index is 2.21. The zero-order chi connectivity index (χ0) is 10.8. The average molecular weight is 206 g/mol. The van der Waals surface area contributed by atoms with Gasteiger partial charge in [-0.1, -0.05) is 11.7 Å². The van der Waals surface area contributed by atoms with E-state index in [2.05, 4.69) is 11.7 Å². The summed E-state index contributed by atoms with van der Waals surface area (Å²) in [6.45, 7) is 6.13. The van der Waals surface area contributed by atoms with Crippen LogP contribution < -0.4 is 0 Å². The van der Waals surface area contributed by atoms with Gasteiger partial charge in [0.05, 0.1) is 6.04 Å². The number of amides is 1. The van der Waals surface area contributed by atoms with E-state index in [0.29, 0.717) is 0 Å². The van der Waals surface area contributed by atoms with Gasteiger partial charge in [-0.05, 0) is 25.8 Å². The van der Waals surface area contributed by atoms with Crippen LogP contribution in [0.4, 0.5) is 0 Å². The molecule has 0 aliphatic carbocycles. The molecule has 2 rings (SSSR count). The molecule has 1 amide bonds. The number of hydrogen-bond donors (Lipinski definition) is 0. The summed E-state index contributed by atoms with van der Waals surface area (Å²) in [5, 5.41) is 3.96. The van der Waals surface area contributed by atoms with Crippen LogP contribution in [0.15, 0.2) is 23.2 Å². The Morgan fingerprint density at radius 3 is 3.20 bits per heavy atom. The number of aromatic nitrogens is 1. The number of likely N-dealkylation sites (tertiary alicyclic amines) is 1. The zero-order valence-corrected chi connectivity index (χ0v) is 8.77. The van der Waals surface area contributed by atoms with E-state index in [4.69, 9.17) is 4.52 Å². The minimum Gasteiger partial charge on any atom is -0.361 e. The molecule has 1 aliphatic heterocycles. The average Bonchev–Trinajstić information content (AvgIpc) is 2.84. The summed E-state index contributed by atoms with van der Waals surface area (Å²) in [6, 6.07) is 1.95. The van der Waals surface area contributed by atoms with Crippen LogP contribution in [0.1, 0.15) is 30.3 Å². The maximum absolute atomic E-state index is 11.6. The van der Waals surface area contributed by atoms with Crippen LogP contribution in [0.25, 0.3) is 0 Å². The maximum atomic E-state index is 11.6. The highest BCUT2D eigenvalue weighted by Crippen LogP contribution is 2.31. The van der Waals surface area contributed by atoms with E-state index < -0.39 is 0 Å². The Morgan fingerprint density at radius 1 is 1.80 bits per heavy atom. The van der Waals surface area contributed by atoms with E-state index in [1.165, 1.54) is 6.08 Å². The number of hydrogen-bond acceptors (Lipinski definition) is 3. The normalized spacial score (nSPS) is 20.6. The van der Waals surface area contributed by atoms with Gasteiger partial charge in [0.2, 0.25) is 5.91 Å². The number of nitrogens with zero attached hydrogens (tertiary/aromatic N) is 2. The molecule has 4 nitrogen and oxygen atoms in total. The molecule has 1 aromatic heterocycles. The third-order valence-electron chi connectivity index (χ3n) is 2.70. The standard InChI is InChI=1S/C11H14N2O2/c1-3-11(14)13-6-4-5-10(13)9-7-8(2)15-12-9/h3,7,10H,1,4-6H2,2H3. The largest absolute Gasteiger partial charge is 0.361 e. The molecule has 1 fully saturated rings. The van der Waals surface area contributed by atoms with Gasteiger partial charge in [0, 0.05) is 12.6 Å². The first kappa shape index (κ1) is 9.96. The lowest BCUT2D eigenvalue weighted by Crippen LogP contribution is -2.28. The van der Waals surface area contributed by atoms with E-state index in [0.717, 1.165) is 30.8 Å². The van der Waals surface area contributed by atoms with Gasteiger partial charge in [0.1, 0.15) is 11.5 Å². The van der Waals surface area contributed by atoms with Crippen LogP contribution in [0.3, 0.4) is 0 Å². The molecule has 0 radical (unpaired) electrons. The van der Waals surface area contributed by atoms with E-state index in [1.54, 1.807) is 4.90 Å². The minimum absolute atomic E-state index is 0.0295. The molecule has 0 spiro atoms. The lowest BCUT2D eigenvalue weighted by atomic mass is 10.1. The lowest BCUT2D eigenvalue weighted by molar-refractivity contribution is -0.127. The quantitative estimate of drug-likeness (QED) is 0.693. The lowest BCUT2D eigenvalue weighted by Gasteiger charge is -2.20.